The summed E-state index contributed by atoms with van der Waals surface area (Å²) in [4.78, 5) is 0.0614. The molecule has 2 aromatic carbocycles. The van der Waals surface area contributed by atoms with Crippen LogP contribution in [0.4, 0.5) is 0 Å². The molecule has 0 spiro atoms. The molecule has 1 aromatic heterocycles. The molecule has 0 aliphatic carbocycles. The van der Waals surface area contributed by atoms with Gasteiger partial charge in [0.05, 0.1) is 17.6 Å². The summed E-state index contributed by atoms with van der Waals surface area (Å²) in [5.41, 5.74) is 3.16. The Morgan fingerprint density at radius 1 is 1.00 bits per heavy atom. The van der Waals surface area contributed by atoms with Crippen LogP contribution >= 0.6 is 0 Å². The molecule has 3 rings (SSSR count). The summed E-state index contributed by atoms with van der Waals surface area (Å²) in [6.45, 7) is 1.81. The molecule has 0 atom stereocenters. The highest BCUT2D eigenvalue weighted by molar-refractivity contribution is 7.89. The highest BCUT2D eigenvalue weighted by Gasteiger charge is 2.17. The number of nitrogens with two attached hydrogens (primary N) is 1. The average Bonchev–Trinajstić information content (AvgIpc) is 2.96. The van der Waals surface area contributed by atoms with E-state index in [0.29, 0.717) is 11.5 Å². The summed E-state index contributed by atoms with van der Waals surface area (Å²) in [7, 11) is -2.12. The Kier molecular flexibility index (Phi) is 4.13. The van der Waals surface area contributed by atoms with Gasteiger partial charge < -0.3 is 9.26 Å². The SMILES string of the molecule is COc1ccc(-c2noc(C)c2-c2ccc(S(N)(=O)=O)cc2)cc1. The molecular weight excluding hydrogens is 328 g/mol. The molecule has 0 saturated carbocycles. The van der Waals surface area contributed by atoms with Gasteiger partial charge in [-0.05, 0) is 48.9 Å². The highest BCUT2D eigenvalue weighted by Crippen LogP contribution is 2.35. The predicted octanol–water partition coefficient (Wildman–Crippen LogP) is 2.97. The van der Waals surface area contributed by atoms with Gasteiger partial charge in [0, 0.05) is 5.56 Å². The second-order valence-electron chi connectivity index (χ2n) is 5.26. The molecule has 0 fully saturated rings. The lowest BCUT2D eigenvalue weighted by atomic mass is 9.99. The average molecular weight is 344 g/mol. The van der Waals surface area contributed by atoms with Crippen LogP contribution in [0, 0.1) is 6.92 Å². The minimum absolute atomic E-state index is 0.0614. The fourth-order valence-electron chi connectivity index (χ4n) is 2.47. The van der Waals surface area contributed by atoms with Gasteiger partial charge in [-0.2, -0.15) is 0 Å². The Balaban J connectivity index is 2.07. The zero-order chi connectivity index (χ0) is 17.3. The van der Waals surface area contributed by atoms with Crippen molar-refractivity contribution < 1.29 is 17.7 Å². The van der Waals surface area contributed by atoms with Gasteiger partial charge in [-0.1, -0.05) is 17.3 Å². The lowest BCUT2D eigenvalue weighted by molar-refractivity contribution is 0.400. The predicted molar refractivity (Wildman–Crippen MR) is 90.0 cm³/mol. The second-order valence-corrected chi connectivity index (χ2v) is 6.82. The van der Waals surface area contributed by atoms with Crippen LogP contribution in [0.5, 0.6) is 5.75 Å². The van der Waals surface area contributed by atoms with E-state index in [0.717, 1.165) is 22.4 Å². The van der Waals surface area contributed by atoms with Gasteiger partial charge in [-0.3, -0.25) is 0 Å². The molecule has 0 saturated heterocycles. The Hall–Kier alpha value is -2.64. The Morgan fingerprint density at radius 2 is 1.58 bits per heavy atom. The molecule has 1 heterocycles. The normalized spacial score (nSPS) is 11.5. The minimum Gasteiger partial charge on any atom is -0.497 e. The molecule has 6 nitrogen and oxygen atoms in total. The van der Waals surface area contributed by atoms with Crippen molar-refractivity contribution in [1.82, 2.24) is 5.16 Å². The van der Waals surface area contributed by atoms with Gasteiger partial charge in [0.2, 0.25) is 10.0 Å². The number of aryl methyl sites for hydroxylation is 1. The first-order valence-electron chi connectivity index (χ1n) is 7.14. The summed E-state index contributed by atoms with van der Waals surface area (Å²) in [6.07, 6.45) is 0. The monoisotopic (exact) mass is 344 g/mol. The number of hydrogen-bond donors (Lipinski definition) is 1. The van der Waals surface area contributed by atoms with Crippen LogP contribution in [-0.2, 0) is 10.0 Å². The summed E-state index contributed by atoms with van der Waals surface area (Å²) >= 11 is 0. The van der Waals surface area contributed by atoms with Crippen LogP contribution in [-0.4, -0.2) is 20.7 Å². The first-order valence-corrected chi connectivity index (χ1v) is 8.68. The van der Waals surface area contributed by atoms with Crippen molar-refractivity contribution in [2.45, 2.75) is 11.8 Å². The number of methoxy groups -OCH3 is 1. The molecule has 0 aliphatic heterocycles. The van der Waals surface area contributed by atoms with Gasteiger partial charge in [0.25, 0.3) is 0 Å². The Morgan fingerprint density at radius 3 is 2.12 bits per heavy atom. The molecule has 0 bridgehead atoms. The standard InChI is InChI=1S/C17H16N2O4S/c1-11-16(12-5-9-15(10-6-12)24(18,20)21)17(19-23-11)13-3-7-14(22-2)8-4-13/h3-10H,1-2H3,(H2,18,20,21). The Bertz CT molecular complexity index is 959. The third kappa shape index (κ3) is 3.04. The van der Waals surface area contributed by atoms with Crippen molar-refractivity contribution in [3.63, 3.8) is 0 Å². The third-order valence-corrected chi connectivity index (χ3v) is 4.63. The number of benzene rings is 2. The molecule has 0 radical (unpaired) electrons. The number of aromatic nitrogens is 1. The fourth-order valence-corrected chi connectivity index (χ4v) is 2.98. The van der Waals surface area contributed by atoms with Gasteiger partial charge in [-0.15, -0.1) is 0 Å². The van der Waals surface area contributed by atoms with Crippen molar-refractivity contribution >= 4 is 10.0 Å². The van der Waals surface area contributed by atoms with Crippen molar-refractivity contribution in [2.75, 3.05) is 7.11 Å². The number of ether oxygens (including phenoxy) is 1. The molecule has 0 amide bonds. The quantitative estimate of drug-likeness (QED) is 0.785. The van der Waals surface area contributed by atoms with E-state index in [1.165, 1.54) is 12.1 Å². The molecule has 2 N–H and O–H groups in total. The number of nitrogens with zero attached hydrogens (tertiary/aromatic N) is 1. The maximum atomic E-state index is 11.4. The largest absolute Gasteiger partial charge is 0.497 e. The maximum absolute atomic E-state index is 11.4. The van der Waals surface area contributed by atoms with Crippen molar-refractivity contribution in [1.29, 1.82) is 0 Å². The number of sulfonamides is 1. The van der Waals surface area contributed by atoms with Crippen molar-refractivity contribution in [3.05, 3.63) is 54.3 Å². The van der Waals surface area contributed by atoms with E-state index >= 15 is 0 Å². The third-order valence-electron chi connectivity index (χ3n) is 3.70. The molecule has 3 aromatic rings. The van der Waals surface area contributed by atoms with Crippen LogP contribution in [0.25, 0.3) is 22.4 Å². The molecule has 0 unspecified atom stereocenters. The molecule has 124 valence electrons. The van der Waals surface area contributed by atoms with E-state index in [9.17, 15) is 8.42 Å². The lowest BCUT2D eigenvalue weighted by Crippen LogP contribution is -2.11. The topological polar surface area (TPSA) is 95.4 Å². The maximum Gasteiger partial charge on any atom is 0.238 e. The van der Waals surface area contributed by atoms with Gasteiger partial charge in [0.1, 0.15) is 17.2 Å². The first kappa shape index (κ1) is 16.2. The van der Waals surface area contributed by atoms with Crippen LogP contribution < -0.4 is 9.88 Å². The lowest BCUT2D eigenvalue weighted by Gasteiger charge is -2.05. The molecule has 24 heavy (non-hydrogen) atoms. The first-order chi connectivity index (χ1) is 11.4. The zero-order valence-corrected chi connectivity index (χ0v) is 14.0. The van der Waals surface area contributed by atoms with E-state index in [1.807, 2.05) is 31.2 Å². The van der Waals surface area contributed by atoms with Crippen LogP contribution in [0.15, 0.2) is 57.9 Å². The summed E-state index contributed by atoms with van der Waals surface area (Å²) < 4.78 is 33.3. The van der Waals surface area contributed by atoms with Crippen molar-refractivity contribution in [3.8, 4) is 28.1 Å². The second kappa shape index (κ2) is 6.10. The van der Waals surface area contributed by atoms with Gasteiger partial charge in [0.15, 0.2) is 0 Å². The minimum atomic E-state index is -3.72. The van der Waals surface area contributed by atoms with Crippen LogP contribution in [0.2, 0.25) is 0 Å². The van der Waals surface area contributed by atoms with E-state index in [4.69, 9.17) is 14.4 Å². The van der Waals surface area contributed by atoms with Gasteiger partial charge >= 0.3 is 0 Å². The number of hydrogen-bond acceptors (Lipinski definition) is 5. The molecular formula is C17H16N2O4S. The molecule has 0 aliphatic rings. The smallest absolute Gasteiger partial charge is 0.238 e. The zero-order valence-electron chi connectivity index (χ0n) is 13.2. The van der Waals surface area contributed by atoms with Crippen molar-refractivity contribution in [2.24, 2.45) is 5.14 Å². The van der Waals surface area contributed by atoms with E-state index < -0.39 is 10.0 Å². The van der Waals surface area contributed by atoms with Crippen LogP contribution in [0.3, 0.4) is 0 Å². The van der Waals surface area contributed by atoms with Crippen LogP contribution in [0.1, 0.15) is 5.76 Å². The van der Waals surface area contributed by atoms with Gasteiger partial charge in [-0.25, -0.2) is 13.6 Å². The van der Waals surface area contributed by atoms with E-state index in [-0.39, 0.29) is 4.90 Å². The fraction of sp³-hybridized carbons (Fsp3) is 0.118. The van der Waals surface area contributed by atoms with E-state index in [1.54, 1.807) is 19.2 Å². The number of primary sulfonamides is 1. The summed E-state index contributed by atoms with van der Waals surface area (Å²) in [6, 6.07) is 13.8. The summed E-state index contributed by atoms with van der Waals surface area (Å²) in [5, 5.41) is 9.26. The van der Waals surface area contributed by atoms with E-state index in [2.05, 4.69) is 5.16 Å². The Labute approximate surface area is 139 Å². The number of rotatable bonds is 4. The molecule has 7 heteroatoms. The summed E-state index contributed by atoms with van der Waals surface area (Å²) in [5.74, 6) is 1.39. The highest BCUT2D eigenvalue weighted by atomic mass is 32.2.